The summed E-state index contributed by atoms with van der Waals surface area (Å²) in [5.74, 6) is 5.67. The Kier molecular flexibility index (Phi) is 5.00. The third-order valence-corrected chi connectivity index (χ3v) is 2.83. The molecule has 0 bridgehead atoms. The summed E-state index contributed by atoms with van der Waals surface area (Å²) in [6.45, 7) is 0.532. The lowest BCUT2D eigenvalue weighted by molar-refractivity contribution is 0.306. The smallest absolute Gasteiger partial charge is 0.138 e. The van der Waals surface area contributed by atoms with Crippen LogP contribution >= 0.6 is 11.6 Å². The van der Waals surface area contributed by atoms with Crippen molar-refractivity contribution in [3.05, 3.63) is 64.4 Å². The van der Waals surface area contributed by atoms with E-state index >= 15 is 0 Å². The summed E-state index contributed by atoms with van der Waals surface area (Å²) in [4.78, 5) is 0. The zero-order valence-corrected chi connectivity index (χ0v) is 11.5. The van der Waals surface area contributed by atoms with Crippen LogP contribution in [-0.4, -0.2) is 6.54 Å². The fourth-order valence-corrected chi connectivity index (χ4v) is 1.73. The van der Waals surface area contributed by atoms with E-state index in [2.05, 4.69) is 11.8 Å². The van der Waals surface area contributed by atoms with Gasteiger partial charge in [0.2, 0.25) is 0 Å². The first-order valence-corrected chi connectivity index (χ1v) is 6.42. The second-order valence-corrected chi connectivity index (χ2v) is 4.50. The van der Waals surface area contributed by atoms with Crippen molar-refractivity contribution in [2.45, 2.75) is 6.61 Å². The molecule has 2 aromatic rings. The van der Waals surface area contributed by atoms with Gasteiger partial charge in [-0.15, -0.1) is 0 Å². The lowest BCUT2D eigenvalue weighted by atomic mass is 10.1. The Morgan fingerprint density at radius 3 is 2.60 bits per heavy atom. The average molecular weight is 290 g/mol. The first-order chi connectivity index (χ1) is 9.69. The first kappa shape index (κ1) is 14.4. The van der Waals surface area contributed by atoms with E-state index in [1.165, 1.54) is 6.07 Å². The normalized spacial score (nSPS) is 9.75. The molecule has 0 aromatic heterocycles. The Morgan fingerprint density at radius 2 is 1.90 bits per heavy atom. The van der Waals surface area contributed by atoms with Crippen molar-refractivity contribution in [2.75, 3.05) is 6.54 Å². The molecular weight excluding hydrogens is 277 g/mol. The molecule has 0 unspecified atom stereocenters. The van der Waals surface area contributed by atoms with Crippen molar-refractivity contribution >= 4 is 11.6 Å². The Balaban J connectivity index is 2.08. The highest BCUT2D eigenvalue weighted by Gasteiger charge is 2.02. The van der Waals surface area contributed by atoms with Gasteiger partial charge in [-0.25, -0.2) is 4.39 Å². The molecule has 0 saturated carbocycles. The predicted molar refractivity (Wildman–Crippen MR) is 78.1 cm³/mol. The summed E-state index contributed by atoms with van der Waals surface area (Å²) in [5.41, 5.74) is 6.44. The van der Waals surface area contributed by atoms with E-state index in [1.54, 1.807) is 36.4 Å². The maximum Gasteiger partial charge on any atom is 0.138 e. The highest BCUT2D eigenvalue weighted by molar-refractivity contribution is 6.30. The number of hydrogen-bond acceptors (Lipinski definition) is 2. The van der Waals surface area contributed by atoms with Crippen molar-refractivity contribution in [3.63, 3.8) is 0 Å². The molecule has 0 fully saturated rings. The van der Waals surface area contributed by atoms with Crippen LogP contribution < -0.4 is 10.5 Å². The molecule has 0 spiro atoms. The van der Waals surface area contributed by atoms with Gasteiger partial charge in [0, 0.05) is 5.02 Å². The van der Waals surface area contributed by atoms with Gasteiger partial charge in [-0.3, -0.25) is 0 Å². The van der Waals surface area contributed by atoms with Crippen LogP contribution in [-0.2, 0) is 6.61 Å². The molecule has 4 heteroatoms. The van der Waals surface area contributed by atoms with E-state index in [-0.39, 0.29) is 12.4 Å². The Morgan fingerprint density at radius 1 is 1.15 bits per heavy atom. The molecule has 2 rings (SSSR count). The molecule has 2 nitrogen and oxygen atoms in total. The molecular formula is C16H13ClFNO. The molecule has 2 N–H and O–H groups in total. The molecule has 0 aliphatic carbocycles. The van der Waals surface area contributed by atoms with Gasteiger partial charge in [-0.2, -0.15) is 0 Å². The number of nitrogens with two attached hydrogens (primary N) is 1. The summed E-state index contributed by atoms with van der Waals surface area (Å²) in [6.07, 6.45) is 0. The Hall–Kier alpha value is -2.02. The fraction of sp³-hybridized carbons (Fsp3) is 0.125. The number of ether oxygens (including phenoxy) is 1. The largest absolute Gasteiger partial charge is 0.489 e. The van der Waals surface area contributed by atoms with Gasteiger partial charge in [0.1, 0.15) is 18.2 Å². The van der Waals surface area contributed by atoms with E-state index in [4.69, 9.17) is 22.1 Å². The van der Waals surface area contributed by atoms with Crippen LogP contribution in [0.25, 0.3) is 0 Å². The molecule has 0 saturated heterocycles. The van der Waals surface area contributed by atoms with E-state index in [1.807, 2.05) is 0 Å². The molecule has 20 heavy (non-hydrogen) atoms. The minimum Gasteiger partial charge on any atom is -0.489 e. The third kappa shape index (κ3) is 3.99. The molecule has 0 radical (unpaired) electrons. The molecule has 0 atom stereocenters. The maximum absolute atomic E-state index is 13.5. The van der Waals surface area contributed by atoms with E-state index in [9.17, 15) is 4.39 Å². The topological polar surface area (TPSA) is 35.2 Å². The number of benzene rings is 2. The lowest BCUT2D eigenvalue weighted by Gasteiger charge is -2.07. The van der Waals surface area contributed by atoms with Crippen LogP contribution in [0.4, 0.5) is 4.39 Å². The van der Waals surface area contributed by atoms with Crippen LogP contribution in [0.1, 0.15) is 11.1 Å². The van der Waals surface area contributed by atoms with Crippen molar-refractivity contribution < 1.29 is 9.13 Å². The molecule has 102 valence electrons. The summed E-state index contributed by atoms with van der Waals surface area (Å²) in [5, 5.41) is 0.651. The van der Waals surface area contributed by atoms with Gasteiger partial charge in [-0.05, 0) is 42.0 Å². The van der Waals surface area contributed by atoms with Gasteiger partial charge in [0.15, 0.2) is 0 Å². The van der Waals surface area contributed by atoms with Crippen molar-refractivity contribution in [3.8, 4) is 17.6 Å². The monoisotopic (exact) mass is 289 g/mol. The van der Waals surface area contributed by atoms with E-state index in [0.29, 0.717) is 22.9 Å². The quantitative estimate of drug-likeness (QED) is 0.879. The van der Waals surface area contributed by atoms with E-state index in [0.717, 1.165) is 5.56 Å². The van der Waals surface area contributed by atoms with Crippen molar-refractivity contribution in [2.24, 2.45) is 5.73 Å². The molecule has 0 amide bonds. The van der Waals surface area contributed by atoms with Crippen LogP contribution in [0.15, 0.2) is 42.5 Å². The standard InChI is InChI=1S/C16H13ClFNO/c17-14-4-6-15(7-5-14)20-11-12-3-8-16(18)13(10-12)2-1-9-19/h3-8,10H,9,11,19H2. The summed E-state index contributed by atoms with van der Waals surface area (Å²) in [6, 6.07) is 11.8. The van der Waals surface area contributed by atoms with Crippen LogP contribution in [0.2, 0.25) is 5.02 Å². The van der Waals surface area contributed by atoms with Gasteiger partial charge in [0.05, 0.1) is 12.1 Å². The Labute approximate surface area is 122 Å². The minimum absolute atomic E-state index is 0.199. The summed E-state index contributed by atoms with van der Waals surface area (Å²) < 4.78 is 19.1. The van der Waals surface area contributed by atoms with Crippen LogP contribution in [0, 0.1) is 17.7 Å². The highest BCUT2D eigenvalue weighted by Crippen LogP contribution is 2.17. The fourth-order valence-electron chi connectivity index (χ4n) is 1.60. The first-order valence-electron chi connectivity index (χ1n) is 6.05. The average Bonchev–Trinajstić information content (AvgIpc) is 2.46. The van der Waals surface area contributed by atoms with Gasteiger partial charge < -0.3 is 10.5 Å². The SMILES string of the molecule is NCC#Cc1cc(COc2ccc(Cl)cc2)ccc1F. The predicted octanol–water partition coefficient (Wildman–Crippen LogP) is 3.37. The number of rotatable bonds is 3. The van der Waals surface area contributed by atoms with Gasteiger partial charge in [0.25, 0.3) is 0 Å². The molecule has 0 aliphatic heterocycles. The van der Waals surface area contributed by atoms with Gasteiger partial charge in [-0.1, -0.05) is 29.5 Å². The number of hydrogen-bond donors (Lipinski definition) is 1. The summed E-state index contributed by atoms with van der Waals surface area (Å²) in [7, 11) is 0. The lowest BCUT2D eigenvalue weighted by Crippen LogP contribution is -1.98. The molecule has 2 aromatic carbocycles. The second kappa shape index (κ2) is 6.95. The van der Waals surface area contributed by atoms with Crippen molar-refractivity contribution in [1.82, 2.24) is 0 Å². The highest BCUT2D eigenvalue weighted by atomic mass is 35.5. The maximum atomic E-state index is 13.5. The molecule has 0 aliphatic rings. The van der Waals surface area contributed by atoms with E-state index < -0.39 is 0 Å². The third-order valence-electron chi connectivity index (χ3n) is 2.58. The zero-order chi connectivity index (χ0) is 14.4. The van der Waals surface area contributed by atoms with Crippen LogP contribution in [0.3, 0.4) is 0 Å². The Bertz CT molecular complexity index is 644. The minimum atomic E-state index is -0.360. The summed E-state index contributed by atoms with van der Waals surface area (Å²) >= 11 is 5.79. The second-order valence-electron chi connectivity index (χ2n) is 4.06. The zero-order valence-electron chi connectivity index (χ0n) is 10.7. The molecule has 0 heterocycles. The van der Waals surface area contributed by atoms with Crippen LogP contribution in [0.5, 0.6) is 5.75 Å². The van der Waals surface area contributed by atoms with Crippen molar-refractivity contribution in [1.29, 1.82) is 0 Å². The van der Waals surface area contributed by atoms with Gasteiger partial charge >= 0.3 is 0 Å². The number of halogens is 2.